The maximum atomic E-state index is 5.38. The lowest BCUT2D eigenvalue weighted by molar-refractivity contribution is 0.181. The zero-order valence-electron chi connectivity index (χ0n) is 9.51. The van der Waals surface area contributed by atoms with E-state index in [1.165, 1.54) is 4.88 Å². The van der Waals surface area contributed by atoms with Gasteiger partial charge in [0.2, 0.25) is 0 Å². The molecule has 2 heterocycles. The van der Waals surface area contributed by atoms with Crippen LogP contribution in [-0.2, 0) is 17.8 Å². The predicted octanol–water partition coefficient (Wildman–Crippen LogP) is 1.56. The fourth-order valence-electron chi connectivity index (χ4n) is 1.50. The molecule has 0 saturated heterocycles. The van der Waals surface area contributed by atoms with Crippen molar-refractivity contribution < 1.29 is 4.74 Å². The van der Waals surface area contributed by atoms with Crippen molar-refractivity contribution in [3.63, 3.8) is 0 Å². The van der Waals surface area contributed by atoms with Gasteiger partial charge in [-0.2, -0.15) is 0 Å². The lowest BCUT2D eigenvalue weighted by Crippen LogP contribution is -2.12. The third-order valence-corrected chi connectivity index (χ3v) is 3.05. The molecule has 2 aromatic rings. The number of nitrogens with two attached hydrogens (primary N) is 1. The van der Waals surface area contributed by atoms with E-state index < -0.39 is 0 Å². The summed E-state index contributed by atoms with van der Waals surface area (Å²) in [6.45, 7) is 0.453. The molecule has 6 heteroatoms. The third kappa shape index (κ3) is 3.23. The van der Waals surface area contributed by atoms with Gasteiger partial charge in [0.05, 0.1) is 12.3 Å². The number of rotatable bonds is 5. The summed E-state index contributed by atoms with van der Waals surface area (Å²) in [5, 5.41) is 2.04. The van der Waals surface area contributed by atoms with Crippen molar-refractivity contribution in [1.82, 2.24) is 9.97 Å². The van der Waals surface area contributed by atoms with Crippen molar-refractivity contribution in [3.05, 3.63) is 40.0 Å². The van der Waals surface area contributed by atoms with Crippen molar-refractivity contribution in [2.45, 2.75) is 13.0 Å². The van der Waals surface area contributed by atoms with E-state index in [0.717, 1.165) is 11.5 Å². The Hall–Kier alpha value is -1.50. The number of hydrogen-bond acceptors (Lipinski definition) is 6. The van der Waals surface area contributed by atoms with Crippen LogP contribution in [0.25, 0.3) is 0 Å². The zero-order valence-corrected chi connectivity index (χ0v) is 10.3. The zero-order chi connectivity index (χ0) is 12.1. The topological polar surface area (TPSA) is 73.1 Å². The molecule has 3 N–H and O–H groups in total. The lowest BCUT2D eigenvalue weighted by atomic mass is 10.3. The molecule has 0 aliphatic carbocycles. The second-order valence-corrected chi connectivity index (χ2v) is 4.53. The minimum Gasteiger partial charge on any atom is -0.378 e. The van der Waals surface area contributed by atoms with E-state index in [9.17, 15) is 0 Å². The van der Waals surface area contributed by atoms with Gasteiger partial charge in [0, 0.05) is 24.5 Å². The van der Waals surface area contributed by atoms with Crippen LogP contribution in [-0.4, -0.2) is 17.1 Å². The van der Waals surface area contributed by atoms with Gasteiger partial charge >= 0.3 is 0 Å². The minimum absolute atomic E-state index is 0.453. The molecule has 2 rings (SSSR count). The number of ether oxygens (including phenoxy) is 1. The molecule has 5 nitrogen and oxygen atoms in total. The average Bonchev–Trinajstić information content (AvgIpc) is 2.82. The number of hydrogen-bond donors (Lipinski definition) is 2. The molecule has 0 radical (unpaired) electrons. The summed E-state index contributed by atoms with van der Waals surface area (Å²) in [6, 6.07) is 5.86. The summed E-state index contributed by atoms with van der Waals surface area (Å²) in [5.41, 5.74) is 3.36. The number of nitrogens with one attached hydrogen (secondary N) is 1. The van der Waals surface area contributed by atoms with Crippen LogP contribution in [0.3, 0.4) is 0 Å². The quantitative estimate of drug-likeness (QED) is 0.622. The van der Waals surface area contributed by atoms with E-state index in [1.54, 1.807) is 24.5 Å². The highest BCUT2D eigenvalue weighted by molar-refractivity contribution is 7.09. The monoisotopic (exact) mass is 250 g/mol. The van der Waals surface area contributed by atoms with Gasteiger partial charge in [-0.25, -0.2) is 15.8 Å². The molecular formula is C11H14N4OS. The highest BCUT2D eigenvalue weighted by Crippen LogP contribution is 2.14. The van der Waals surface area contributed by atoms with Crippen molar-refractivity contribution in [2.24, 2.45) is 5.84 Å². The summed E-state index contributed by atoms with van der Waals surface area (Å²) >= 11 is 1.69. The standard InChI is InChI=1S/C11H14N4OS/c1-16-7-8-5-11(15-12)14-10(13-8)6-9-3-2-4-17-9/h2-5H,6-7,12H2,1H3,(H,13,14,15). The van der Waals surface area contributed by atoms with Gasteiger partial charge in [0.25, 0.3) is 0 Å². The molecular weight excluding hydrogens is 236 g/mol. The Bertz CT molecular complexity index is 472. The second kappa shape index (κ2) is 5.72. The van der Waals surface area contributed by atoms with E-state index in [-0.39, 0.29) is 0 Å². The third-order valence-electron chi connectivity index (χ3n) is 2.18. The maximum Gasteiger partial charge on any atom is 0.144 e. The van der Waals surface area contributed by atoms with Gasteiger partial charge in [-0.1, -0.05) is 6.07 Å². The van der Waals surface area contributed by atoms with Crippen LogP contribution in [0.4, 0.5) is 5.82 Å². The Morgan fingerprint density at radius 1 is 1.47 bits per heavy atom. The average molecular weight is 250 g/mol. The first-order valence-corrected chi connectivity index (χ1v) is 6.04. The summed E-state index contributed by atoms with van der Waals surface area (Å²) in [7, 11) is 1.64. The number of hydrazine groups is 1. The molecule has 0 saturated carbocycles. The van der Waals surface area contributed by atoms with E-state index in [0.29, 0.717) is 18.8 Å². The molecule has 0 atom stereocenters. The van der Waals surface area contributed by atoms with E-state index in [4.69, 9.17) is 10.6 Å². The summed E-state index contributed by atoms with van der Waals surface area (Å²) < 4.78 is 5.06. The fraction of sp³-hybridized carbons (Fsp3) is 0.273. The molecule has 2 aromatic heterocycles. The number of thiophene rings is 1. The molecule has 0 unspecified atom stereocenters. The normalized spacial score (nSPS) is 10.5. The lowest BCUT2D eigenvalue weighted by Gasteiger charge is -2.06. The number of aromatic nitrogens is 2. The second-order valence-electron chi connectivity index (χ2n) is 3.49. The first-order chi connectivity index (χ1) is 8.31. The molecule has 0 spiro atoms. The van der Waals surface area contributed by atoms with Gasteiger partial charge in [0.1, 0.15) is 11.6 Å². The summed E-state index contributed by atoms with van der Waals surface area (Å²) in [4.78, 5) is 9.96. The van der Waals surface area contributed by atoms with Gasteiger partial charge in [-0.05, 0) is 11.4 Å². The summed E-state index contributed by atoms with van der Waals surface area (Å²) in [6.07, 6.45) is 0.712. The molecule has 0 aromatic carbocycles. The summed E-state index contributed by atoms with van der Waals surface area (Å²) in [5.74, 6) is 6.73. The SMILES string of the molecule is COCc1cc(NN)nc(Cc2cccs2)n1. The van der Waals surface area contributed by atoms with Crippen LogP contribution >= 0.6 is 11.3 Å². The number of nitrogen functional groups attached to an aromatic ring is 1. The molecule has 0 aliphatic heterocycles. The van der Waals surface area contributed by atoms with Crippen LogP contribution in [0, 0.1) is 0 Å². The van der Waals surface area contributed by atoms with Crippen LogP contribution < -0.4 is 11.3 Å². The van der Waals surface area contributed by atoms with Gasteiger partial charge in [0.15, 0.2) is 0 Å². The van der Waals surface area contributed by atoms with Gasteiger partial charge in [-0.15, -0.1) is 11.3 Å². The Labute approximate surface area is 104 Å². The Kier molecular flexibility index (Phi) is 4.03. The molecule has 0 bridgehead atoms. The molecule has 0 fully saturated rings. The highest BCUT2D eigenvalue weighted by Gasteiger charge is 2.05. The van der Waals surface area contributed by atoms with Gasteiger partial charge in [-0.3, -0.25) is 0 Å². The first kappa shape index (κ1) is 12.0. The highest BCUT2D eigenvalue weighted by atomic mass is 32.1. The Morgan fingerprint density at radius 3 is 3.00 bits per heavy atom. The largest absolute Gasteiger partial charge is 0.378 e. The number of anilines is 1. The van der Waals surface area contributed by atoms with Crippen molar-refractivity contribution in [1.29, 1.82) is 0 Å². The van der Waals surface area contributed by atoms with Crippen LogP contribution in [0.15, 0.2) is 23.6 Å². The predicted molar refractivity (Wildman–Crippen MR) is 67.7 cm³/mol. The van der Waals surface area contributed by atoms with Crippen molar-refractivity contribution >= 4 is 17.2 Å². The maximum absolute atomic E-state index is 5.38. The van der Waals surface area contributed by atoms with E-state index in [1.807, 2.05) is 11.4 Å². The van der Waals surface area contributed by atoms with E-state index in [2.05, 4.69) is 21.5 Å². The fourth-order valence-corrected chi connectivity index (χ4v) is 2.20. The molecule has 90 valence electrons. The smallest absolute Gasteiger partial charge is 0.144 e. The minimum atomic E-state index is 0.453. The van der Waals surface area contributed by atoms with Crippen LogP contribution in [0.2, 0.25) is 0 Å². The molecule has 17 heavy (non-hydrogen) atoms. The molecule has 0 amide bonds. The van der Waals surface area contributed by atoms with Crippen LogP contribution in [0.1, 0.15) is 16.4 Å². The molecule has 0 aliphatic rings. The van der Waals surface area contributed by atoms with Crippen molar-refractivity contribution in [2.75, 3.05) is 12.5 Å². The first-order valence-electron chi connectivity index (χ1n) is 5.16. The van der Waals surface area contributed by atoms with E-state index >= 15 is 0 Å². The Balaban J connectivity index is 2.23. The van der Waals surface area contributed by atoms with Crippen LogP contribution in [0.5, 0.6) is 0 Å². The number of nitrogens with zero attached hydrogens (tertiary/aromatic N) is 2. The number of methoxy groups -OCH3 is 1. The Morgan fingerprint density at radius 2 is 2.35 bits per heavy atom. The van der Waals surface area contributed by atoms with Gasteiger partial charge < -0.3 is 10.2 Å². The van der Waals surface area contributed by atoms with Crippen molar-refractivity contribution in [3.8, 4) is 0 Å².